The van der Waals surface area contributed by atoms with Crippen LogP contribution in [0.3, 0.4) is 0 Å². The number of benzene rings is 2. The highest BCUT2D eigenvalue weighted by molar-refractivity contribution is 7.97. The van der Waals surface area contributed by atoms with Crippen molar-refractivity contribution in [1.82, 2.24) is 4.98 Å². The van der Waals surface area contributed by atoms with Crippen molar-refractivity contribution in [3.05, 3.63) is 65.7 Å². The van der Waals surface area contributed by atoms with E-state index < -0.39 is 5.92 Å². The first-order valence-electron chi connectivity index (χ1n) is 10.0. The summed E-state index contributed by atoms with van der Waals surface area (Å²) in [5, 5.41) is 10.5. The number of pyridine rings is 1. The molecule has 0 unspecified atom stereocenters. The molecule has 31 heavy (non-hydrogen) atoms. The quantitative estimate of drug-likeness (QED) is 0.422. The number of hydrogen-bond donors (Lipinski definition) is 2. The van der Waals surface area contributed by atoms with Crippen molar-refractivity contribution >= 4 is 51.7 Å². The third-order valence-electron chi connectivity index (χ3n) is 5.36. The van der Waals surface area contributed by atoms with Crippen LogP contribution < -0.4 is 15.4 Å². The van der Waals surface area contributed by atoms with Gasteiger partial charge in [-0.15, -0.1) is 0 Å². The predicted octanol–water partition coefficient (Wildman–Crippen LogP) is 6.56. The summed E-state index contributed by atoms with van der Waals surface area (Å²) in [5.74, 6) is -2.00. The van der Waals surface area contributed by atoms with E-state index >= 15 is 0 Å². The zero-order valence-corrected chi connectivity index (χ0v) is 18.4. The molecule has 8 heteroatoms. The van der Waals surface area contributed by atoms with Gasteiger partial charge >= 0.3 is 0 Å². The van der Waals surface area contributed by atoms with Crippen molar-refractivity contribution in [2.24, 2.45) is 5.14 Å². The largest absolute Gasteiger partial charge is 0.356 e. The number of nitrogens with zero attached hydrogens (tertiary/aromatic N) is 2. The van der Waals surface area contributed by atoms with Crippen LogP contribution in [0.15, 0.2) is 60.0 Å². The first kappa shape index (κ1) is 21.9. The number of nitrogens with two attached hydrogens (primary N) is 1. The highest BCUT2D eigenvalue weighted by Gasteiger charge is 2.32. The van der Waals surface area contributed by atoms with Gasteiger partial charge in [0, 0.05) is 58.2 Å². The molecule has 0 spiro atoms. The average Bonchev–Trinajstić information content (AvgIpc) is 2.93. The van der Waals surface area contributed by atoms with Crippen LogP contribution in [0.5, 0.6) is 0 Å². The second-order valence-corrected chi connectivity index (χ2v) is 8.79. The molecule has 4 nitrogen and oxygen atoms in total. The first-order valence-corrected chi connectivity index (χ1v) is 11.3. The van der Waals surface area contributed by atoms with Gasteiger partial charge in [-0.3, -0.25) is 5.14 Å². The molecular formula is C23H23ClF2N4S. The summed E-state index contributed by atoms with van der Waals surface area (Å²) < 4.78 is 27.9. The topological polar surface area (TPSA) is 54.2 Å². The summed E-state index contributed by atoms with van der Waals surface area (Å²) in [4.78, 5) is 7.67. The third-order valence-corrected chi connectivity index (χ3v) is 6.13. The molecule has 0 aliphatic carbocycles. The third kappa shape index (κ3) is 5.11. The van der Waals surface area contributed by atoms with E-state index in [0.29, 0.717) is 29.5 Å². The van der Waals surface area contributed by atoms with Crippen molar-refractivity contribution in [1.29, 1.82) is 0 Å². The highest BCUT2D eigenvalue weighted by atomic mass is 35.5. The zero-order valence-electron chi connectivity index (χ0n) is 16.9. The van der Waals surface area contributed by atoms with Crippen molar-refractivity contribution in [3.63, 3.8) is 0 Å². The lowest BCUT2D eigenvalue weighted by molar-refractivity contribution is -0.0102. The van der Waals surface area contributed by atoms with Gasteiger partial charge in [-0.25, -0.2) is 13.8 Å². The second-order valence-electron chi connectivity index (χ2n) is 7.64. The Bertz CT molecular complexity index is 1120. The van der Waals surface area contributed by atoms with Crippen LogP contribution >= 0.6 is 23.5 Å². The Morgan fingerprint density at radius 3 is 2.81 bits per heavy atom. The number of fused-ring (bicyclic) bond motifs is 1. The Balaban J connectivity index is 1.74. The van der Waals surface area contributed by atoms with Gasteiger partial charge in [0.15, 0.2) is 0 Å². The van der Waals surface area contributed by atoms with Crippen LogP contribution in [0.2, 0.25) is 5.02 Å². The predicted molar refractivity (Wildman–Crippen MR) is 127 cm³/mol. The van der Waals surface area contributed by atoms with Gasteiger partial charge in [0.1, 0.15) is 5.82 Å². The maximum atomic E-state index is 14.0. The molecule has 0 amide bonds. The van der Waals surface area contributed by atoms with E-state index in [1.807, 2.05) is 47.4 Å². The summed E-state index contributed by atoms with van der Waals surface area (Å²) in [5.41, 5.74) is 2.97. The average molecular weight is 461 g/mol. The summed E-state index contributed by atoms with van der Waals surface area (Å²) in [6, 6.07) is 15.1. The van der Waals surface area contributed by atoms with E-state index in [2.05, 4.69) is 11.9 Å². The SMILES string of the molecule is C=C(Nc1cccc(SN)c1)c1cc2cc(Cl)ccc2nc1N1CCCC(F)(F)CC1. The molecule has 2 heterocycles. The number of nitrogens with one attached hydrogen (secondary N) is 1. The molecule has 1 aromatic heterocycles. The van der Waals surface area contributed by atoms with Gasteiger partial charge in [0.05, 0.1) is 5.52 Å². The van der Waals surface area contributed by atoms with Crippen LogP contribution in [-0.2, 0) is 0 Å². The molecule has 1 saturated heterocycles. The normalized spacial score (nSPS) is 16.2. The molecule has 4 rings (SSSR count). The van der Waals surface area contributed by atoms with Gasteiger partial charge in [-0.05, 0) is 60.8 Å². The number of rotatable bonds is 5. The van der Waals surface area contributed by atoms with Crippen LogP contribution in [0.25, 0.3) is 16.6 Å². The Labute approximate surface area is 189 Å². The Morgan fingerprint density at radius 2 is 2.00 bits per heavy atom. The number of aromatic nitrogens is 1. The number of alkyl halides is 2. The van der Waals surface area contributed by atoms with Gasteiger partial charge < -0.3 is 10.2 Å². The Morgan fingerprint density at radius 1 is 1.16 bits per heavy atom. The minimum absolute atomic E-state index is 0.106. The van der Waals surface area contributed by atoms with Crippen molar-refractivity contribution in [3.8, 4) is 0 Å². The van der Waals surface area contributed by atoms with Crippen LogP contribution in [0.1, 0.15) is 24.8 Å². The van der Waals surface area contributed by atoms with Crippen molar-refractivity contribution in [2.75, 3.05) is 23.3 Å². The second kappa shape index (κ2) is 9.02. The first-order chi connectivity index (χ1) is 14.8. The summed E-state index contributed by atoms with van der Waals surface area (Å²) in [6.07, 6.45) is 0.107. The minimum atomic E-state index is -2.64. The smallest absolute Gasteiger partial charge is 0.249 e. The molecule has 3 N–H and O–H groups in total. The fourth-order valence-corrected chi connectivity index (χ4v) is 4.30. The molecule has 1 aliphatic heterocycles. The van der Waals surface area contributed by atoms with Crippen LogP contribution in [0.4, 0.5) is 20.3 Å². The molecule has 0 bridgehead atoms. The van der Waals surface area contributed by atoms with Crippen molar-refractivity contribution < 1.29 is 8.78 Å². The maximum Gasteiger partial charge on any atom is 0.249 e. The standard InChI is InChI=1S/C23H23ClF2N4S/c1-15(28-18-4-2-5-19(14-18)31-27)20-13-16-12-17(24)6-7-21(16)29-22(20)30-10-3-8-23(25,26)9-11-30/h2,4-7,12-14,28H,1,3,8-11,27H2. The maximum absolute atomic E-state index is 14.0. The van der Waals surface area contributed by atoms with E-state index in [4.69, 9.17) is 21.7 Å². The van der Waals surface area contributed by atoms with E-state index in [1.165, 1.54) is 0 Å². The van der Waals surface area contributed by atoms with E-state index in [1.54, 1.807) is 6.07 Å². The summed E-state index contributed by atoms with van der Waals surface area (Å²) in [7, 11) is 0. The lowest BCUT2D eigenvalue weighted by atomic mass is 10.1. The fourth-order valence-electron chi connectivity index (χ4n) is 3.76. The van der Waals surface area contributed by atoms with E-state index in [-0.39, 0.29) is 19.4 Å². The molecule has 162 valence electrons. The van der Waals surface area contributed by atoms with Crippen LogP contribution in [-0.4, -0.2) is 24.0 Å². The Hall–Kier alpha value is -2.35. The number of hydrogen-bond acceptors (Lipinski definition) is 5. The molecule has 2 aromatic carbocycles. The summed E-state index contributed by atoms with van der Waals surface area (Å²) in [6.45, 7) is 4.97. The monoisotopic (exact) mass is 460 g/mol. The highest BCUT2D eigenvalue weighted by Crippen LogP contribution is 2.35. The number of halogens is 3. The molecule has 1 fully saturated rings. The van der Waals surface area contributed by atoms with E-state index in [0.717, 1.165) is 39.0 Å². The lowest BCUT2D eigenvalue weighted by Gasteiger charge is -2.26. The fraction of sp³-hybridized carbons (Fsp3) is 0.261. The number of anilines is 2. The van der Waals surface area contributed by atoms with E-state index in [9.17, 15) is 8.78 Å². The minimum Gasteiger partial charge on any atom is -0.356 e. The molecule has 0 atom stereocenters. The molecule has 0 saturated carbocycles. The van der Waals surface area contributed by atoms with Gasteiger partial charge in [0.25, 0.3) is 0 Å². The molecule has 1 aliphatic rings. The molecule has 3 aromatic rings. The molecular weight excluding hydrogens is 438 g/mol. The van der Waals surface area contributed by atoms with Crippen molar-refractivity contribution in [2.45, 2.75) is 30.1 Å². The summed E-state index contributed by atoms with van der Waals surface area (Å²) >= 11 is 7.34. The van der Waals surface area contributed by atoms with Gasteiger partial charge in [-0.1, -0.05) is 24.2 Å². The van der Waals surface area contributed by atoms with Crippen LogP contribution in [0, 0.1) is 0 Å². The Kier molecular flexibility index (Phi) is 6.36. The van der Waals surface area contributed by atoms with Gasteiger partial charge in [-0.2, -0.15) is 0 Å². The zero-order chi connectivity index (χ0) is 22.0. The van der Waals surface area contributed by atoms with Gasteiger partial charge in [0.2, 0.25) is 5.92 Å². The molecule has 0 radical (unpaired) electrons. The lowest BCUT2D eigenvalue weighted by Crippen LogP contribution is -2.28.